The number of carbonyl (C=O) groups excluding carboxylic acids is 1. The number of methoxy groups -OCH3 is 1. The summed E-state index contributed by atoms with van der Waals surface area (Å²) in [7, 11) is 1.53. The number of fused-ring (bicyclic) bond motifs is 2. The third kappa shape index (κ3) is 2.86. The minimum Gasteiger partial charge on any atom is -0.507 e. The Morgan fingerprint density at radius 3 is 2.42 bits per heavy atom. The van der Waals surface area contributed by atoms with Gasteiger partial charge in [0.1, 0.15) is 11.5 Å². The smallest absolute Gasteiger partial charge is 0.268 e. The van der Waals surface area contributed by atoms with E-state index in [2.05, 4.69) is 0 Å². The van der Waals surface area contributed by atoms with Gasteiger partial charge in [-0.05, 0) is 29.1 Å². The van der Waals surface area contributed by atoms with Crippen molar-refractivity contribution < 1.29 is 19.7 Å². The first-order chi connectivity index (χ1) is 15.0. The van der Waals surface area contributed by atoms with E-state index in [0.29, 0.717) is 28.9 Å². The molecule has 1 aliphatic rings. The summed E-state index contributed by atoms with van der Waals surface area (Å²) in [6.45, 7) is 0.301. The van der Waals surface area contributed by atoms with E-state index in [1.807, 2.05) is 48.5 Å². The second-order valence-corrected chi connectivity index (χ2v) is 7.65. The summed E-state index contributed by atoms with van der Waals surface area (Å²) < 4.78 is 5.35. The number of phenolic OH excluding ortho intramolecular Hbond substituents is 1. The SMILES string of the molecule is COc1ccc2c(c1)C(O)(c1ccc3ccccc3c1O)C(=O)N2Cc1ccccc1. The molecule has 0 radical (unpaired) electrons. The van der Waals surface area contributed by atoms with Crippen LogP contribution in [0.25, 0.3) is 10.8 Å². The van der Waals surface area contributed by atoms with Crippen molar-refractivity contribution in [2.75, 3.05) is 12.0 Å². The molecule has 1 heterocycles. The topological polar surface area (TPSA) is 70.0 Å². The highest BCUT2D eigenvalue weighted by molar-refractivity contribution is 6.10. The number of phenols is 1. The van der Waals surface area contributed by atoms with Gasteiger partial charge in [0.2, 0.25) is 5.60 Å². The van der Waals surface area contributed by atoms with Crippen LogP contribution >= 0.6 is 0 Å². The van der Waals surface area contributed by atoms with Crippen LogP contribution in [0, 0.1) is 0 Å². The summed E-state index contributed by atoms with van der Waals surface area (Å²) in [5.41, 5.74) is 0.0289. The van der Waals surface area contributed by atoms with Crippen LogP contribution in [0.4, 0.5) is 5.69 Å². The monoisotopic (exact) mass is 411 g/mol. The highest BCUT2D eigenvalue weighted by Gasteiger charge is 2.52. The Bertz CT molecular complexity index is 1300. The molecule has 31 heavy (non-hydrogen) atoms. The Morgan fingerprint density at radius 2 is 1.65 bits per heavy atom. The maximum Gasteiger partial charge on any atom is 0.268 e. The van der Waals surface area contributed by atoms with Gasteiger partial charge in [-0.25, -0.2) is 0 Å². The zero-order valence-corrected chi connectivity index (χ0v) is 16.9. The second kappa shape index (κ2) is 7.15. The van der Waals surface area contributed by atoms with Crippen molar-refractivity contribution in [3.8, 4) is 11.5 Å². The zero-order valence-electron chi connectivity index (χ0n) is 16.9. The van der Waals surface area contributed by atoms with E-state index in [1.165, 1.54) is 7.11 Å². The molecule has 1 aliphatic heterocycles. The zero-order chi connectivity index (χ0) is 21.6. The van der Waals surface area contributed by atoms with Gasteiger partial charge in [-0.1, -0.05) is 66.7 Å². The van der Waals surface area contributed by atoms with Crippen LogP contribution < -0.4 is 9.64 Å². The maximum atomic E-state index is 13.7. The fraction of sp³-hybridized carbons (Fsp3) is 0.115. The van der Waals surface area contributed by atoms with E-state index in [-0.39, 0.29) is 11.3 Å². The van der Waals surface area contributed by atoms with Gasteiger partial charge in [0.15, 0.2) is 0 Å². The fourth-order valence-electron chi connectivity index (χ4n) is 4.32. The largest absolute Gasteiger partial charge is 0.507 e. The van der Waals surface area contributed by atoms with Crippen molar-refractivity contribution in [3.63, 3.8) is 0 Å². The highest BCUT2D eigenvalue weighted by Crippen LogP contribution is 2.49. The van der Waals surface area contributed by atoms with Crippen LogP contribution in [-0.4, -0.2) is 23.2 Å². The summed E-state index contributed by atoms with van der Waals surface area (Å²) in [4.78, 5) is 15.3. The number of nitrogens with zero attached hydrogens (tertiary/aromatic N) is 1. The molecule has 2 N–H and O–H groups in total. The van der Waals surface area contributed by atoms with E-state index in [1.54, 1.807) is 41.3 Å². The lowest BCUT2D eigenvalue weighted by atomic mass is 9.85. The molecular weight excluding hydrogens is 390 g/mol. The quantitative estimate of drug-likeness (QED) is 0.524. The van der Waals surface area contributed by atoms with Gasteiger partial charge in [0.25, 0.3) is 5.91 Å². The normalized spacial score (nSPS) is 17.7. The van der Waals surface area contributed by atoms with Crippen LogP contribution in [0.5, 0.6) is 11.5 Å². The number of hydrogen-bond acceptors (Lipinski definition) is 4. The fourth-order valence-corrected chi connectivity index (χ4v) is 4.32. The van der Waals surface area contributed by atoms with Gasteiger partial charge in [-0.3, -0.25) is 4.79 Å². The minimum atomic E-state index is -2.03. The Labute approximate surface area is 179 Å². The van der Waals surface area contributed by atoms with Gasteiger partial charge in [-0.2, -0.15) is 0 Å². The molecule has 0 aromatic heterocycles. The van der Waals surface area contributed by atoms with Crippen molar-refractivity contribution in [2.45, 2.75) is 12.1 Å². The van der Waals surface area contributed by atoms with Crippen molar-refractivity contribution in [1.82, 2.24) is 0 Å². The summed E-state index contributed by atoms with van der Waals surface area (Å²) in [5, 5.41) is 24.3. The number of hydrogen-bond donors (Lipinski definition) is 2. The van der Waals surface area contributed by atoms with E-state index < -0.39 is 11.5 Å². The molecule has 0 bridgehead atoms. The number of aliphatic hydroxyl groups is 1. The molecule has 0 fully saturated rings. The van der Waals surface area contributed by atoms with E-state index in [9.17, 15) is 15.0 Å². The third-order valence-electron chi connectivity index (χ3n) is 5.91. The van der Waals surface area contributed by atoms with E-state index in [4.69, 9.17) is 4.74 Å². The third-order valence-corrected chi connectivity index (χ3v) is 5.91. The molecule has 154 valence electrons. The van der Waals surface area contributed by atoms with Gasteiger partial charge in [0, 0.05) is 16.5 Å². The molecule has 5 rings (SSSR count). The Morgan fingerprint density at radius 1 is 0.903 bits per heavy atom. The molecule has 4 aromatic rings. The first kappa shape index (κ1) is 19.2. The lowest BCUT2D eigenvalue weighted by Gasteiger charge is -2.25. The average molecular weight is 411 g/mol. The average Bonchev–Trinajstić information content (AvgIpc) is 3.02. The number of benzene rings is 4. The predicted molar refractivity (Wildman–Crippen MR) is 119 cm³/mol. The summed E-state index contributed by atoms with van der Waals surface area (Å²) in [6, 6.07) is 25.5. The lowest BCUT2D eigenvalue weighted by Crippen LogP contribution is -2.41. The standard InChI is InChI=1S/C26H21NO4/c1-31-19-12-14-23-22(15-19)26(30,25(29)27(23)16-17-7-3-2-4-8-17)21-13-11-18-9-5-6-10-20(18)24(21)28/h2-15,28,30H,16H2,1H3. The van der Waals surface area contributed by atoms with Crippen molar-refractivity contribution in [2.24, 2.45) is 0 Å². The summed E-state index contributed by atoms with van der Waals surface area (Å²) in [5.74, 6) is -0.0960. The number of carbonyl (C=O) groups is 1. The molecule has 0 saturated heterocycles. The molecule has 5 nitrogen and oxygen atoms in total. The predicted octanol–water partition coefficient (Wildman–Crippen LogP) is 4.34. The maximum absolute atomic E-state index is 13.7. The molecular formula is C26H21NO4. The Balaban J connectivity index is 1.72. The van der Waals surface area contributed by atoms with Crippen molar-refractivity contribution >= 4 is 22.4 Å². The van der Waals surface area contributed by atoms with Gasteiger partial charge in [-0.15, -0.1) is 0 Å². The van der Waals surface area contributed by atoms with E-state index in [0.717, 1.165) is 10.9 Å². The lowest BCUT2D eigenvalue weighted by molar-refractivity contribution is -0.132. The van der Waals surface area contributed by atoms with Crippen molar-refractivity contribution in [1.29, 1.82) is 0 Å². The number of aromatic hydroxyl groups is 1. The second-order valence-electron chi connectivity index (χ2n) is 7.65. The van der Waals surface area contributed by atoms with Gasteiger partial charge >= 0.3 is 0 Å². The van der Waals surface area contributed by atoms with Gasteiger partial charge in [0.05, 0.1) is 19.3 Å². The first-order valence-electron chi connectivity index (χ1n) is 10.0. The summed E-state index contributed by atoms with van der Waals surface area (Å²) >= 11 is 0. The molecule has 0 saturated carbocycles. The summed E-state index contributed by atoms with van der Waals surface area (Å²) in [6.07, 6.45) is 0. The molecule has 5 heteroatoms. The number of amides is 1. The molecule has 4 aromatic carbocycles. The van der Waals surface area contributed by atoms with Crippen LogP contribution in [0.15, 0.2) is 84.9 Å². The Hall–Kier alpha value is -3.83. The Kier molecular flexibility index (Phi) is 4.41. The van der Waals surface area contributed by atoms with Crippen LogP contribution in [0.2, 0.25) is 0 Å². The van der Waals surface area contributed by atoms with Crippen molar-refractivity contribution in [3.05, 3.63) is 102 Å². The number of ether oxygens (including phenoxy) is 1. The molecule has 1 atom stereocenters. The van der Waals surface area contributed by atoms with E-state index >= 15 is 0 Å². The van der Waals surface area contributed by atoms with Crippen LogP contribution in [0.3, 0.4) is 0 Å². The number of rotatable bonds is 4. The molecule has 1 unspecified atom stereocenters. The molecule has 0 spiro atoms. The number of anilines is 1. The minimum absolute atomic E-state index is 0.107. The first-order valence-corrected chi connectivity index (χ1v) is 10.0. The highest BCUT2D eigenvalue weighted by atomic mass is 16.5. The van der Waals surface area contributed by atoms with Gasteiger partial charge < -0.3 is 19.8 Å². The van der Waals surface area contributed by atoms with Crippen LogP contribution in [-0.2, 0) is 16.9 Å². The molecule has 1 amide bonds. The van der Waals surface area contributed by atoms with Crippen LogP contribution in [0.1, 0.15) is 16.7 Å². The molecule has 0 aliphatic carbocycles.